The zero-order valence-electron chi connectivity index (χ0n) is 21.6. The molecule has 5 aromatic carbocycles. The van der Waals surface area contributed by atoms with Crippen molar-refractivity contribution in [2.24, 2.45) is 0 Å². The topological polar surface area (TPSA) is 47.3 Å². The van der Waals surface area contributed by atoms with Crippen molar-refractivity contribution in [2.45, 2.75) is 26.4 Å². The average Bonchev–Trinajstić information content (AvgIpc) is 3.48. The molecule has 38 heavy (non-hydrogen) atoms. The monoisotopic (exact) mass is 495 g/mol. The highest BCUT2D eigenvalue weighted by atomic mass is 16.3. The van der Waals surface area contributed by atoms with Gasteiger partial charge in [0.1, 0.15) is 11.2 Å². The van der Waals surface area contributed by atoms with Crippen LogP contribution in [0.5, 0.6) is 0 Å². The lowest BCUT2D eigenvalue weighted by molar-refractivity contribution is 0.673. The third-order valence-electron chi connectivity index (χ3n) is 7.60. The number of aromatic nitrogens is 1. The molecule has 0 atom stereocenters. The molecule has 0 fully saturated rings. The van der Waals surface area contributed by atoms with Crippen LogP contribution in [0.2, 0.25) is 0 Å². The molecular formula is C34H29N3O. The van der Waals surface area contributed by atoms with Gasteiger partial charge < -0.3 is 19.6 Å². The summed E-state index contributed by atoms with van der Waals surface area (Å²) in [6, 6.07) is 38.6. The highest BCUT2D eigenvalue weighted by Crippen LogP contribution is 2.40. The quantitative estimate of drug-likeness (QED) is 0.243. The fourth-order valence-corrected chi connectivity index (χ4v) is 5.76. The summed E-state index contributed by atoms with van der Waals surface area (Å²) in [5, 5.41) is 4.66. The molecule has 0 radical (unpaired) electrons. The zero-order valence-corrected chi connectivity index (χ0v) is 21.6. The molecule has 2 heterocycles. The van der Waals surface area contributed by atoms with E-state index in [0.717, 1.165) is 56.4 Å². The van der Waals surface area contributed by atoms with E-state index >= 15 is 0 Å². The van der Waals surface area contributed by atoms with Crippen LogP contribution in [0.15, 0.2) is 114 Å². The molecule has 2 aromatic heterocycles. The Morgan fingerprint density at radius 2 is 1.42 bits per heavy atom. The number of hydrogen-bond acceptors (Lipinski definition) is 3. The zero-order chi connectivity index (χ0) is 25.8. The van der Waals surface area contributed by atoms with E-state index in [1.165, 1.54) is 16.5 Å². The van der Waals surface area contributed by atoms with Gasteiger partial charge in [0.05, 0.1) is 27.8 Å². The highest BCUT2D eigenvalue weighted by Gasteiger charge is 2.19. The Kier molecular flexibility index (Phi) is 5.15. The predicted molar refractivity (Wildman–Crippen MR) is 160 cm³/mol. The molecule has 186 valence electrons. The maximum atomic E-state index is 6.43. The molecular weight excluding hydrogens is 466 g/mol. The van der Waals surface area contributed by atoms with Crippen LogP contribution < -0.4 is 10.6 Å². The summed E-state index contributed by atoms with van der Waals surface area (Å²) in [5.41, 5.74) is 14.8. The van der Waals surface area contributed by atoms with Gasteiger partial charge in [-0.1, -0.05) is 60.7 Å². The number of nitrogens with zero attached hydrogens (tertiary/aromatic N) is 2. The van der Waals surface area contributed by atoms with Gasteiger partial charge in [-0.25, -0.2) is 0 Å². The number of nitrogens with two attached hydrogens (primary N) is 1. The lowest BCUT2D eigenvalue weighted by Gasteiger charge is -2.30. The maximum absolute atomic E-state index is 6.43. The summed E-state index contributed by atoms with van der Waals surface area (Å²) < 4.78 is 8.77. The summed E-state index contributed by atoms with van der Waals surface area (Å²) in [5.74, 6) is 0. The van der Waals surface area contributed by atoms with Crippen molar-refractivity contribution >= 4 is 55.1 Å². The van der Waals surface area contributed by atoms with Gasteiger partial charge in [-0.15, -0.1) is 0 Å². The Morgan fingerprint density at radius 3 is 2.21 bits per heavy atom. The van der Waals surface area contributed by atoms with E-state index in [4.69, 9.17) is 10.2 Å². The Morgan fingerprint density at radius 1 is 0.711 bits per heavy atom. The number of para-hydroxylation sites is 4. The first-order chi connectivity index (χ1) is 18.6. The van der Waals surface area contributed by atoms with Crippen LogP contribution in [0, 0.1) is 0 Å². The third kappa shape index (κ3) is 3.45. The van der Waals surface area contributed by atoms with Crippen LogP contribution in [0.1, 0.15) is 19.4 Å². The fraction of sp³-hybridized carbons (Fsp3) is 0.118. The third-order valence-corrected chi connectivity index (χ3v) is 7.60. The number of hydrogen-bond donors (Lipinski definition) is 1. The minimum Gasteiger partial charge on any atom is -0.455 e. The summed E-state index contributed by atoms with van der Waals surface area (Å²) in [6.45, 7) is 5.20. The Hall–Kier alpha value is -4.70. The number of nitrogen functional groups attached to an aromatic ring is 1. The van der Waals surface area contributed by atoms with Crippen molar-refractivity contribution in [2.75, 3.05) is 10.6 Å². The summed E-state index contributed by atoms with van der Waals surface area (Å²) in [4.78, 5) is 2.35. The largest absolute Gasteiger partial charge is 0.455 e. The molecule has 7 aromatic rings. The summed E-state index contributed by atoms with van der Waals surface area (Å²) >= 11 is 0. The van der Waals surface area contributed by atoms with Crippen molar-refractivity contribution < 1.29 is 4.42 Å². The van der Waals surface area contributed by atoms with Crippen molar-refractivity contribution in [3.8, 4) is 5.69 Å². The molecule has 0 aliphatic carbocycles. The number of benzene rings is 5. The Labute approximate surface area is 221 Å². The standard InChI is InChI=1S/C34H29N3O/c1-22(2)36(30-13-7-5-11-28(30)35)21-23-15-17-24(18-16-23)37-29-12-6-3-10-27(29)33-31(37)20-19-26-25-9-4-8-14-32(25)38-34(26)33/h3-20,22H,21,35H2,1-2H3. The molecule has 2 N–H and O–H groups in total. The summed E-state index contributed by atoms with van der Waals surface area (Å²) in [6.07, 6.45) is 0. The molecule has 0 spiro atoms. The van der Waals surface area contributed by atoms with Crippen molar-refractivity contribution in [3.63, 3.8) is 0 Å². The maximum Gasteiger partial charge on any atom is 0.145 e. The van der Waals surface area contributed by atoms with Crippen molar-refractivity contribution in [1.29, 1.82) is 0 Å². The second-order valence-corrected chi connectivity index (χ2v) is 10.2. The van der Waals surface area contributed by atoms with E-state index in [-0.39, 0.29) is 0 Å². The van der Waals surface area contributed by atoms with Crippen LogP contribution in [-0.2, 0) is 6.54 Å². The number of anilines is 2. The van der Waals surface area contributed by atoms with E-state index in [1.807, 2.05) is 30.3 Å². The Bertz CT molecular complexity index is 1940. The molecule has 7 rings (SSSR count). The lowest BCUT2D eigenvalue weighted by Crippen LogP contribution is -2.30. The van der Waals surface area contributed by atoms with Crippen LogP contribution in [0.4, 0.5) is 11.4 Å². The molecule has 0 bridgehead atoms. The lowest BCUT2D eigenvalue weighted by atomic mass is 10.1. The molecule has 0 aliphatic heterocycles. The molecule has 0 saturated heterocycles. The van der Waals surface area contributed by atoms with Gasteiger partial charge in [0.15, 0.2) is 0 Å². The van der Waals surface area contributed by atoms with Crippen LogP contribution in [0.3, 0.4) is 0 Å². The van der Waals surface area contributed by atoms with E-state index in [9.17, 15) is 0 Å². The van der Waals surface area contributed by atoms with Gasteiger partial charge in [0.25, 0.3) is 0 Å². The predicted octanol–water partition coefficient (Wildman–Crippen LogP) is 8.68. The second-order valence-electron chi connectivity index (χ2n) is 10.2. The molecule has 4 heteroatoms. The van der Waals surface area contributed by atoms with E-state index in [0.29, 0.717) is 6.04 Å². The normalized spacial score (nSPS) is 11.9. The molecule has 0 amide bonds. The van der Waals surface area contributed by atoms with Crippen LogP contribution in [0.25, 0.3) is 49.4 Å². The van der Waals surface area contributed by atoms with Gasteiger partial charge in [-0.05, 0) is 67.9 Å². The van der Waals surface area contributed by atoms with E-state index < -0.39 is 0 Å². The summed E-state index contributed by atoms with van der Waals surface area (Å²) in [7, 11) is 0. The molecule has 0 aliphatic rings. The SMILES string of the molecule is CC(C)N(Cc1ccc(-n2c3ccccc3c3c4oc5ccccc5c4ccc32)cc1)c1ccccc1N. The molecule has 4 nitrogen and oxygen atoms in total. The van der Waals surface area contributed by atoms with Gasteiger partial charge in [-0.2, -0.15) is 0 Å². The van der Waals surface area contributed by atoms with Crippen LogP contribution >= 0.6 is 0 Å². The van der Waals surface area contributed by atoms with Gasteiger partial charge in [0, 0.05) is 34.4 Å². The first kappa shape index (κ1) is 22.5. The first-order valence-corrected chi connectivity index (χ1v) is 13.1. The smallest absolute Gasteiger partial charge is 0.145 e. The van der Waals surface area contributed by atoms with E-state index in [1.54, 1.807) is 0 Å². The fourth-order valence-electron chi connectivity index (χ4n) is 5.76. The van der Waals surface area contributed by atoms with Gasteiger partial charge >= 0.3 is 0 Å². The molecule has 0 saturated carbocycles. The minimum atomic E-state index is 0.322. The number of furan rings is 1. The minimum absolute atomic E-state index is 0.322. The second kappa shape index (κ2) is 8.70. The molecule has 0 unspecified atom stereocenters. The van der Waals surface area contributed by atoms with E-state index in [2.05, 4.69) is 102 Å². The van der Waals surface area contributed by atoms with Gasteiger partial charge in [0.2, 0.25) is 0 Å². The van der Waals surface area contributed by atoms with Crippen molar-refractivity contribution in [1.82, 2.24) is 4.57 Å². The average molecular weight is 496 g/mol. The highest BCUT2D eigenvalue weighted by molar-refractivity contribution is 6.23. The van der Waals surface area contributed by atoms with Gasteiger partial charge in [-0.3, -0.25) is 0 Å². The van der Waals surface area contributed by atoms with Crippen molar-refractivity contribution in [3.05, 3.63) is 115 Å². The van der Waals surface area contributed by atoms with Crippen LogP contribution in [-0.4, -0.2) is 10.6 Å². The number of fused-ring (bicyclic) bond motifs is 7. The number of rotatable bonds is 5. The Balaban J connectivity index is 1.35. The first-order valence-electron chi connectivity index (χ1n) is 13.1.